The van der Waals surface area contributed by atoms with Gasteiger partial charge in [0, 0.05) is 31.3 Å². The van der Waals surface area contributed by atoms with Crippen LogP contribution in [0.3, 0.4) is 0 Å². The first-order chi connectivity index (χ1) is 11.8. The Morgan fingerprint density at radius 2 is 1.96 bits per heavy atom. The molecule has 132 valence electrons. The number of nitrogens with zero attached hydrogens (tertiary/aromatic N) is 2. The molecule has 6 nitrogen and oxygen atoms in total. The Labute approximate surface area is 146 Å². The summed E-state index contributed by atoms with van der Waals surface area (Å²) in [7, 11) is 0. The molecule has 1 amide bonds. The normalized spacial score (nSPS) is 17.6. The quantitative estimate of drug-likeness (QED) is 0.799. The molecule has 0 N–H and O–H groups in total. The van der Waals surface area contributed by atoms with Crippen LogP contribution in [0, 0.1) is 0 Å². The van der Waals surface area contributed by atoms with Crippen molar-refractivity contribution in [1.82, 2.24) is 9.88 Å². The topological polar surface area (TPSA) is 68.7 Å². The van der Waals surface area contributed by atoms with Gasteiger partial charge in [0.25, 0.3) is 5.91 Å². The molecule has 1 fully saturated rings. The van der Waals surface area contributed by atoms with Crippen molar-refractivity contribution in [2.45, 2.75) is 38.9 Å². The summed E-state index contributed by atoms with van der Waals surface area (Å²) in [5.74, 6) is -0.122. The maximum Gasteiger partial charge on any atom is 0.303 e. The monoisotopic (exact) mass is 342 g/mol. The van der Waals surface area contributed by atoms with Crippen LogP contribution in [0.2, 0.25) is 0 Å². The highest BCUT2D eigenvalue weighted by Crippen LogP contribution is 2.23. The zero-order chi connectivity index (χ0) is 18.0. The summed E-state index contributed by atoms with van der Waals surface area (Å²) in [5.41, 5.74) is -0.288. The van der Waals surface area contributed by atoms with E-state index in [1.54, 1.807) is 18.7 Å². The number of para-hydroxylation sites is 1. The predicted molar refractivity (Wildman–Crippen MR) is 93.2 cm³/mol. The van der Waals surface area contributed by atoms with Crippen LogP contribution in [-0.4, -0.2) is 46.6 Å². The van der Waals surface area contributed by atoms with Gasteiger partial charge in [-0.3, -0.25) is 9.59 Å². The number of amides is 1. The molecule has 0 spiro atoms. The summed E-state index contributed by atoms with van der Waals surface area (Å²) in [6.45, 7) is 5.54. The van der Waals surface area contributed by atoms with Crippen molar-refractivity contribution in [1.29, 1.82) is 0 Å². The lowest BCUT2D eigenvalue weighted by atomic mass is 10.1. The van der Waals surface area contributed by atoms with Gasteiger partial charge < -0.3 is 14.4 Å². The van der Waals surface area contributed by atoms with Crippen LogP contribution < -0.4 is 4.74 Å². The van der Waals surface area contributed by atoms with Crippen molar-refractivity contribution >= 4 is 22.8 Å². The Bertz CT molecular complexity index is 803. The molecule has 1 aliphatic rings. The Balaban J connectivity index is 1.64. The number of fused-ring (bicyclic) bond motifs is 1. The minimum absolute atomic E-state index is 0.120. The van der Waals surface area contributed by atoms with Gasteiger partial charge >= 0.3 is 5.97 Å². The van der Waals surface area contributed by atoms with E-state index in [1.807, 2.05) is 36.4 Å². The molecule has 1 atom stereocenters. The van der Waals surface area contributed by atoms with Gasteiger partial charge in [-0.1, -0.05) is 18.2 Å². The smallest absolute Gasteiger partial charge is 0.303 e. The molecule has 0 aliphatic carbocycles. The number of carbonyl (C=O) groups excluding carboxylic acids is 2. The van der Waals surface area contributed by atoms with Gasteiger partial charge in [0.15, 0.2) is 5.60 Å². The molecule has 1 unspecified atom stereocenters. The molecule has 2 aromatic rings. The number of likely N-dealkylation sites (tertiary alicyclic amines) is 1. The maximum atomic E-state index is 12.6. The lowest BCUT2D eigenvalue weighted by Crippen LogP contribution is -2.47. The number of esters is 1. The van der Waals surface area contributed by atoms with Gasteiger partial charge in [0.05, 0.1) is 12.1 Å². The first-order valence-corrected chi connectivity index (χ1v) is 8.36. The van der Waals surface area contributed by atoms with Crippen LogP contribution >= 0.6 is 0 Å². The fraction of sp³-hybridized carbons (Fsp3) is 0.421. The third-order valence-electron chi connectivity index (χ3n) is 4.21. The highest BCUT2D eigenvalue weighted by atomic mass is 16.6. The van der Waals surface area contributed by atoms with Crippen molar-refractivity contribution in [2.24, 2.45) is 0 Å². The Kier molecular flexibility index (Phi) is 4.61. The lowest BCUT2D eigenvalue weighted by molar-refractivity contribution is -0.168. The van der Waals surface area contributed by atoms with Crippen molar-refractivity contribution in [3.63, 3.8) is 0 Å². The van der Waals surface area contributed by atoms with Crippen molar-refractivity contribution in [3.8, 4) is 5.88 Å². The zero-order valence-electron chi connectivity index (χ0n) is 14.7. The molecular weight excluding hydrogens is 320 g/mol. The van der Waals surface area contributed by atoms with E-state index in [0.717, 1.165) is 17.3 Å². The Hall–Kier alpha value is -2.63. The van der Waals surface area contributed by atoms with E-state index in [1.165, 1.54) is 6.92 Å². The fourth-order valence-corrected chi connectivity index (χ4v) is 3.08. The van der Waals surface area contributed by atoms with Gasteiger partial charge in [0.1, 0.15) is 6.10 Å². The van der Waals surface area contributed by atoms with Crippen molar-refractivity contribution < 1.29 is 19.1 Å². The minimum Gasteiger partial charge on any atom is -0.472 e. The average molecular weight is 342 g/mol. The molecular formula is C19H22N2O4. The summed E-state index contributed by atoms with van der Waals surface area (Å²) in [6, 6.07) is 11.7. The molecule has 1 aromatic heterocycles. The van der Waals surface area contributed by atoms with E-state index in [0.29, 0.717) is 19.0 Å². The van der Waals surface area contributed by atoms with E-state index in [9.17, 15) is 9.59 Å². The zero-order valence-corrected chi connectivity index (χ0v) is 14.7. The van der Waals surface area contributed by atoms with Crippen molar-refractivity contribution in [3.05, 3.63) is 36.4 Å². The maximum absolute atomic E-state index is 12.6. The van der Waals surface area contributed by atoms with Gasteiger partial charge in [-0.25, -0.2) is 4.98 Å². The second kappa shape index (κ2) is 6.70. The summed E-state index contributed by atoms with van der Waals surface area (Å²) in [6.07, 6.45) is 0.599. The number of hydrogen-bond donors (Lipinski definition) is 0. The molecule has 0 saturated carbocycles. The third kappa shape index (κ3) is 3.90. The number of pyridine rings is 1. The Morgan fingerprint density at radius 1 is 1.20 bits per heavy atom. The summed E-state index contributed by atoms with van der Waals surface area (Å²) in [4.78, 5) is 29.9. The average Bonchev–Trinajstić information content (AvgIpc) is 3.01. The number of rotatable bonds is 4. The van der Waals surface area contributed by atoms with Crippen LogP contribution in [0.15, 0.2) is 36.4 Å². The summed E-state index contributed by atoms with van der Waals surface area (Å²) >= 11 is 0. The van der Waals surface area contributed by atoms with E-state index in [-0.39, 0.29) is 12.0 Å². The molecule has 3 rings (SSSR count). The number of carbonyl (C=O) groups is 2. The first-order valence-electron chi connectivity index (χ1n) is 8.36. The van der Waals surface area contributed by atoms with Crippen LogP contribution in [0.25, 0.3) is 10.9 Å². The highest BCUT2D eigenvalue weighted by Gasteiger charge is 2.38. The number of ether oxygens (including phenoxy) is 2. The Morgan fingerprint density at radius 3 is 2.72 bits per heavy atom. The van der Waals surface area contributed by atoms with Crippen molar-refractivity contribution in [2.75, 3.05) is 13.1 Å². The standard InChI is InChI=1S/C19H22N2O4/c1-13(22)25-19(2,3)18(23)21-11-10-15(12-21)24-17-9-8-14-6-4-5-7-16(14)20-17/h4-9,15H,10-12H2,1-3H3. The molecule has 2 heterocycles. The fourth-order valence-electron chi connectivity index (χ4n) is 3.08. The van der Waals surface area contributed by atoms with Gasteiger partial charge in [-0.05, 0) is 26.0 Å². The highest BCUT2D eigenvalue weighted by molar-refractivity contribution is 5.87. The van der Waals surface area contributed by atoms with Gasteiger partial charge in [-0.2, -0.15) is 0 Å². The van der Waals surface area contributed by atoms with E-state index < -0.39 is 11.6 Å². The second-order valence-electron chi connectivity index (χ2n) is 6.73. The van der Waals surface area contributed by atoms with E-state index in [4.69, 9.17) is 9.47 Å². The molecule has 0 bridgehead atoms. The van der Waals surface area contributed by atoms with Gasteiger partial charge in [-0.15, -0.1) is 0 Å². The van der Waals surface area contributed by atoms with Crippen LogP contribution in [0.1, 0.15) is 27.2 Å². The summed E-state index contributed by atoms with van der Waals surface area (Å²) in [5, 5.41) is 1.06. The molecule has 6 heteroatoms. The SMILES string of the molecule is CC(=O)OC(C)(C)C(=O)N1CCC(Oc2ccc3ccccc3n2)C1. The van der Waals surface area contributed by atoms with Crippen LogP contribution in [0.4, 0.5) is 0 Å². The molecule has 0 radical (unpaired) electrons. The van der Waals surface area contributed by atoms with Crippen LogP contribution in [0.5, 0.6) is 5.88 Å². The summed E-state index contributed by atoms with van der Waals surface area (Å²) < 4.78 is 11.1. The molecule has 1 aromatic carbocycles. The molecule has 1 aliphatic heterocycles. The van der Waals surface area contributed by atoms with Crippen LogP contribution in [-0.2, 0) is 14.3 Å². The predicted octanol–water partition coefficient (Wildman–Crippen LogP) is 2.56. The largest absolute Gasteiger partial charge is 0.472 e. The first kappa shape index (κ1) is 17.2. The number of benzene rings is 1. The third-order valence-corrected chi connectivity index (χ3v) is 4.21. The van der Waals surface area contributed by atoms with E-state index in [2.05, 4.69) is 4.98 Å². The minimum atomic E-state index is -1.16. The molecule has 1 saturated heterocycles. The van der Waals surface area contributed by atoms with E-state index >= 15 is 0 Å². The number of aromatic nitrogens is 1. The molecule has 25 heavy (non-hydrogen) atoms. The number of hydrogen-bond acceptors (Lipinski definition) is 5. The second-order valence-corrected chi connectivity index (χ2v) is 6.73. The lowest BCUT2D eigenvalue weighted by Gasteiger charge is -2.28. The van der Waals surface area contributed by atoms with Gasteiger partial charge in [0.2, 0.25) is 5.88 Å².